The summed E-state index contributed by atoms with van der Waals surface area (Å²) in [6.45, 7) is 0. The lowest BCUT2D eigenvalue weighted by atomic mass is 10.1. The number of nitrogens with zero attached hydrogens (tertiary/aromatic N) is 1. The minimum absolute atomic E-state index is 0.158. The van der Waals surface area contributed by atoms with Crippen molar-refractivity contribution in [3.8, 4) is 28.7 Å². The van der Waals surface area contributed by atoms with Gasteiger partial charge in [-0.1, -0.05) is 0 Å². The van der Waals surface area contributed by atoms with Crippen molar-refractivity contribution in [1.29, 1.82) is 0 Å². The Morgan fingerprint density at radius 3 is 2.29 bits per heavy atom. The van der Waals surface area contributed by atoms with E-state index in [1.54, 1.807) is 36.4 Å². The fraction of sp³-hybridized carbons (Fsp3) is 0.227. The molecular weight excluding hydrogens is 404 g/mol. The maximum atomic E-state index is 12.2. The maximum Gasteiger partial charge on any atom is 0.319 e. The Morgan fingerprint density at radius 2 is 1.71 bits per heavy atom. The highest BCUT2D eigenvalue weighted by atomic mass is 16.5. The second-order valence-electron chi connectivity index (χ2n) is 7.16. The molecule has 0 saturated heterocycles. The number of pyridine rings is 1. The van der Waals surface area contributed by atoms with E-state index in [1.165, 1.54) is 20.4 Å². The molecule has 0 spiro atoms. The number of carbonyl (C=O) groups excluding carboxylic acids is 1. The van der Waals surface area contributed by atoms with E-state index >= 15 is 0 Å². The predicted molar refractivity (Wildman–Crippen MR) is 111 cm³/mol. The summed E-state index contributed by atoms with van der Waals surface area (Å²) < 4.78 is 16.5. The van der Waals surface area contributed by atoms with Crippen LogP contribution in [0.5, 0.6) is 28.7 Å². The van der Waals surface area contributed by atoms with Crippen LogP contribution in [0.25, 0.3) is 10.9 Å². The van der Waals surface area contributed by atoms with Crippen LogP contribution in [0.4, 0.5) is 5.69 Å². The van der Waals surface area contributed by atoms with Crippen LogP contribution in [0.1, 0.15) is 12.8 Å². The second-order valence-corrected chi connectivity index (χ2v) is 7.16. The number of hydrogen-bond acceptors (Lipinski definition) is 7. The summed E-state index contributed by atoms with van der Waals surface area (Å²) in [4.78, 5) is 27.7. The van der Waals surface area contributed by atoms with Gasteiger partial charge in [0, 0.05) is 11.8 Å². The number of nitrogens with one attached hydrogen (secondary N) is 1. The number of aromatic hydroxyl groups is 1. The molecule has 0 bridgehead atoms. The molecule has 1 aromatic heterocycles. The molecular formula is C22H20N2O7. The molecule has 2 aromatic carbocycles. The van der Waals surface area contributed by atoms with Gasteiger partial charge in [0.05, 0.1) is 31.3 Å². The van der Waals surface area contributed by atoms with Crippen molar-refractivity contribution in [3.05, 3.63) is 42.6 Å². The van der Waals surface area contributed by atoms with Crippen LogP contribution in [0, 0.1) is 5.41 Å². The molecule has 1 amide bonds. The fourth-order valence-electron chi connectivity index (χ4n) is 3.23. The molecule has 1 fully saturated rings. The van der Waals surface area contributed by atoms with Gasteiger partial charge in [-0.05, 0) is 43.2 Å². The number of aliphatic carboxylic acids is 1. The molecule has 3 aromatic rings. The van der Waals surface area contributed by atoms with E-state index in [9.17, 15) is 19.8 Å². The summed E-state index contributed by atoms with van der Waals surface area (Å²) in [5, 5.41) is 22.7. The number of ether oxygens (including phenoxy) is 3. The van der Waals surface area contributed by atoms with Crippen LogP contribution < -0.4 is 19.5 Å². The molecule has 160 valence electrons. The van der Waals surface area contributed by atoms with E-state index in [1.807, 2.05) is 0 Å². The van der Waals surface area contributed by atoms with Gasteiger partial charge in [-0.3, -0.25) is 14.6 Å². The smallest absolute Gasteiger partial charge is 0.319 e. The number of fused-ring (bicyclic) bond motifs is 1. The summed E-state index contributed by atoms with van der Waals surface area (Å²) in [6, 6.07) is 9.72. The lowest BCUT2D eigenvalue weighted by Gasteiger charge is -2.14. The van der Waals surface area contributed by atoms with E-state index in [0.717, 1.165) is 0 Å². The number of anilines is 1. The number of benzene rings is 2. The zero-order valence-corrected chi connectivity index (χ0v) is 16.8. The lowest BCUT2D eigenvalue weighted by molar-refractivity contribution is -0.147. The van der Waals surface area contributed by atoms with Gasteiger partial charge in [-0.25, -0.2) is 0 Å². The monoisotopic (exact) mass is 424 g/mol. The first-order valence-electron chi connectivity index (χ1n) is 9.44. The normalized spacial score (nSPS) is 14.0. The summed E-state index contributed by atoms with van der Waals surface area (Å²) in [5.74, 6) is -0.272. The summed E-state index contributed by atoms with van der Waals surface area (Å²) in [6.07, 6.45) is 1.94. The highest BCUT2D eigenvalue weighted by Gasteiger charge is 2.57. The molecule has 0 unspecified atom stereocenters. The molecule has 1 aliphatic rings. The number of methoxy groups -OCH3 is 2. The molecule has 1 heterocycles. The van der Waals surface area contributed by atoms with Gasteiger partial charge in [0.2, 0.25) is 5.91 Å². The second kappa shape index (κ2) is 7.67. The van der Waals surface area contributed by atoms with E-state index < -0.39 is 17.3 Å². The summed E-state index contributed by atoms with van der Waals surface area (Å²) >= 11 is 0. The Balaban J connectivity index is 1.58. The maximum absolute atomic E-state index is 12.2. The number of hydrogen-bond donors (Lipinski definition) is 3. The van der Waals surface area contributed by atoms with Crippen LogP contribution >= 0.6 is 0 Å². The Hall–Kier alpha value is -4.01. The van der Waals surface area contributed by atoms with Crippen LogP contribution in [0.2, 0.25) is 0 Å². The fourth-order valence-corrected chi connectivity index (χ4v) is 3.23. The highest BCUT2D eigenvalue weighted by molar-refractivity contribution is 6.10. The van der Waals surface area contributed by atoms with Gasteiger partial charge in [0.1, 0.15) is 11.2 Å². The SMILES string of the molecule is COc1cc2ncc(O)c(Oc3ccc(NC(=O)C4(C(=O)O)CC4)cc3)c2cc1OC. The minimum atomic E-state index is -1.32. The largest absolute Gasteiger partial charge is 0.503 e. The molecule has 9 heteroatoms. The van der Waals surface area contributed by atoms with Crippen molar-refractivity contribution in [1.82, 2.24) is 4.98 Å². The van der Waals surface area contributed by atoms with Gasteiger partial charge < -0.3 is 29.7 Å². The molecule has 4 rings (SSSR count). The van der Waals surface area contributed by atoms with Gasteiger partial charge in [0.25, 0.3) is 0 Å². The Bertz CT molecular complexity index is 1170. The van der Waals surface area contributed by atoms with Crippen molar-refractivity contribution in [2.75, 3.05) is 19.5 Å². The van der Waals surface area contributed by atoms with Gasteiger partial charge in [0.15, 0.2) is 23.0 Å². The number of carboxylic acid groups (broad SMARTS) is 1. The first-order chi connectivity index (χ1) is 14.9. The summed E-state index contributed by atoms with van der Waals surface area (Å²) in [5.41, 5.74) is -0.338. The third kappa shape index (κ3) is 3.65. The van der Waals surface area contributed by atoms with Gasteiger partial charge in [-0.15, -0.1) is 0 Å². The van der Waals surface area contributed by atoms with E-state index in [4.69, 9.17) is 14.2 Å². The Morgan fingerprint density at radius 1 is 1.06 bits per heavy atom. The van der Waals surface area contributed by atoms with Crippen molar-refractivity contribution in [3.63, 3.8) is 0 Å². The minimum Gasteiger partial charge on any atom is -0.503 e. The molecule has 1 saturated carbocycles. The van der Waals surface area contributed by atoms with E-state index in [2.05, 4.69) is 10.3 Å². The third-order valence-corrected chi connectivity index (χ3v) is 5.23. The predicted octanol–water partition coefficient (Wildman–Crippen LogP) is 3.55. The average Bonchev–Trinajstić information content (AvgIpc) is 3.58. The number of rotatable bonds is 7. The number of amides is 1. The van der Waals surface area contributed by atoms with Crippen molar-refractivity contribution < 1.29 is 34.0 Å². The zero-order chi connectivity index (χ0) is 22.2. The van der Waals surface area contributed by atoms with E-state index in [0.29, 0.717) is 46.7 Å². The molecule has 0 atom stereocenters. The van der Waals surface area contributed by atoms with Gasteiger partial charge in [-0.2, -0.15) is 0 Å². The van der Waals surface area contributed by atoms with Crippen LogP contribution in [-0.2, 0) is 9.59 Å². The average molecular weight is 424 g/mol. The number of carbonyl (C=O) groups is 2. The molecule has 3 N–H and O–H groups in total. The molecule has 1 aliphatic carbocycles. The molecule has 0 radical (unpaired) electrons. The highest BCUT2D eigenvalue weighted by Crippen LogP contribution is 2.47. The van der Waals surface area contributed by atoms with Gasteiger partial charge >= 0.3 is 5.97 Å². The summed E-state index contributed by atoms with van der Waals surface area (Å²) in [7, 11) is 3.02. The zero-order valence-electron chi connectivity index (χ0n) is 16.8. The van der Waals surface area contributed by atoms with Crippen molar-refractivity contribution >= 4 is 28.5 Å². The number of aromatic nitrogens is 1. The standard InChI is InChI=1S/C22H20N2O7/c1-29-17-9-14-15(10-18(17)30-2)23-11-16(25)19(14)31-13-5-3-12(4-6-13)24-20(26)22(7-8-22)21(27)28/h3-6,9-11,25H,7-8H2,1-2H3,(H,24,26)(H,27,28). The van der Waals surface area contributed by atoms with Crippen molar-refractivity contribution in [2.45, 2.75) is 12.8 Å². The topological polar surface area (TPSA) is 127 Å². The van der Waals surface area contributed by atoms with Crippen molar-refractivity contribution in [2.24, 2.45) is 5.41 Å². The number of carboxylic acids is 1. The quantitative estimate of drug-likeness (QED) is 0.492. The lowest BCUT2D eigenvalue weighted by Crippen LogP contribution is -2.31. The van der Waals surface area contributed by atoms with Crippen LogP contribution in [0.3, 0.4) is 0 Å². The van der Waals surface area contributed by atoms with E-state index in [-0.39, 0.29) is 11.5 Å². The molecule has 0 aliphatic heterocycles. The van der Waals surface area contributed by atoms with Crippen LogP contribution in [0.15, 0.2) is 42.6 Å². The van der Waals surface area contributed by atoms with Crippen LogP contribution in [-0.4, -0.2) is 41.3 Å². The Labute approximate surface area is 177 Å². The molecule has 31 heavy (non-hydrogen) atoms. The third-order valence-electron chi connectivity index (χ3n) is 5.23. The first kappa shape index (κ1) is 20.3. The first-order valence-corrected chi connectivity index (χ1v) is 9.44. The molecule has 9 nitrogen and oxygen atoms in total. The Kier molecular flexibility index (Phi) is 5.02.